The fourth-order valence-electron chi connectivity index (χ4n) is 2.68. The number of hydrogen-bond donors (Lipinski definition) is 0. The summed E-state index contributed by atoms with van der Waals surface area (Å²) in [6, 6.07) is 5.19. The van der Waals surface area contributed by atoms with E-state index in [1.807, 2.05) is 20.2 Å². The summed E-state index contributed by atoms with van der Waals surface area (Å²) in [5, 5.41) is 4.20. The molecule has 0 aliphatic rings. The topological polar surface area (TPSA) is 80.9 Å². The minimum Gasteiger partial charge on any atom is -0.495 e. The highest BCUT2D eigenvalue weighted by atomic mass is 32.1. The van der Waals surface area contributed by atoms with Gasteiger partial charge in [0.25, 0.3) is 5.91 Å². The zero-order valence-electron chi connectivity index (χ0n) is 15.8. The van der Waals surface area contributed by atoms with Crippen LogP contribution in [-0.2, 0) is 0 Å². The molecule has 1 amide bonds. The Morgan fingerprint density at radius 2 is 1.89 bits per heavy atom. The van der Waals surface area contributed by atoms with Gasteiger partial charge in [-0.05, 0) is 39.2 Å². The van der Waals surface area contributed by atoms with Gasteiger partial charge in [0.1, 0.15) is 21.7 Å². The summed E-state index contributed by atoms with van der Waals surface area (Å²) in [7, 11) is 7.19. The Morgan fingerprint density at radius 3 is 2.52 bits per heavy atom. The first-order chi connectivity index (χ1) is 13.0. The van der Waals surface area contributed by atoms with Crippen LogP contribution in [0.25, 0.3) is 10.2 Å². The van der Waals surface area contributed by atoms with Gasteiger partial charge in [-0.15, -0.1) is 0 Å². The summed E-state index contributed by atoms with van der Waals surface area (Å²) < 4.78 is 16.8. The Labute approximate surface area is 161 Å². The van der Waals surface area contributed by atoms with Crippen LogP contribution in [0.4, 0.5) is 5.13 Å². The number of nitrogens with zero attached hydrogens (tertiary/aromatic N) is 4. The highest BCUT2D eigenvalue weighted by molar-refractivity contribution is 7.22. The molecule has 3 rings (SSSR count). The maximum Gasteiger partial charge on any atom is 0.298 e. The Bertz CT molecular complexity index is 867. The van der Waals surface area contributed by atoms with E-state index < -0.39 is 0 Å². The number of carbonyl (C=O) groups excluding carboxylic acids is 1. The summed E-state index contributed by atoms with van der Waals surface area (Å²) >= 11 is 1.38. The molecule has 2 heterocycles. The minimum atomic E-state index is -0.275. The number of ether oxygens (including phenoxy) is 2. The first-order valence-corrected chi connectivity index (χ1v) is 9.25. The van der Waals surface area contributed by atoms with Gasteiger partial charge >= 0.3 is 0 Å². The van der Waals surface area contributed by atoms with Crippen LogP contribution in [0.1, 0.15) is 17.0 Å². The van der Waals surface area contributed by atoms with Gasteiger partial charge in [0, 0.05) is 12.6 Å². The summed E-state index contributed by atoms with van der Waals surface area (Å²) in [6.45, 7) is 1.35. The van der Waals surface area contributed by atoms with Crippen molar-refractivity contribution < 1.29 is 18.8 Å². The summed E-state index contributed by atoms with van der Waals surface area (Å²) in [5.74, 6) is 1.23. The quantitative estimate of drug-likeness (QED) is 0.585. The van der Waals surface area contributed by atoms with Crippen molar-refractivity contribution in [3.05, 3.63) is 30.2 Å². The summed E-state index contributed by atoms with van der Waals surface area (Å²) in [6.07, 6.45) is 2.24. The number of fused-ring (bicyclic) bond motifs is 1. The van der Waals surface area contributed by atoms with Crippen molar-refractivity contribution in [3.63, 3.8) is 0 Å². The molecular formula is C18H22N4O4S. The maximum absolute atomic E-state index is 13.0. The van der Waals surface area contributed by atoms with Gasteiger partial charge in [-0.25, -0.2) is 4.98 Å². The van der Waals surface area contributed by atoms with Crippen LogP contribution in [0.15, 0.2) is 28.9 Å². The van der Waals surface area contributed by atoms with E-state index in [1.54, 1.807) is 31.3 Å². The normalized spacial score (nSPS) is 11.1. The molecule has 9 heteroatoms. The van der Waals surface area contributed by atoms with E-state index in [4.69, 9.17) is 14.0 Å². The molecule has 8 nitrogen and oxygen atoms in total. The van der Waals surface area contributed by atoms with E-state index in [0.717, 1.165) is 17.7 Å². The van der Waals surface area contributed by atoms with Crippen molar-refractivity contribution >= 4 is 32.6 Å². The monoisotopic (exact) mass is 390 g/mol. The Balaban J connectivity index is 2.01. The second kappa shape index (κ2) is 8.36. The van der Waals surface area contributed by atoms with Crippen LogP contribution in [0, 0.1) is 0 Å². The molecule has 27 heavy (non-hydrogen) atoms. The van der Waals surface area contributed by atoms with E-state index in [2.05, 4.69) is 15.0 Å². The summed E-state index contributed by atoms with van der Waals surface area (Å²) in [5.41, 5.74) is 0.667. The van der Waals surface area contributed by atoms with Crippen LogP contribution < -0.4 is 14.4 Å². The molecular weight excluding hydrogens is 368 g/mol. The highest BCUT2D eigenvalue weighted by Gasteiger charge is 2.25. The number of methoxy groups -OCH3 is 2. The Morgan fingerprint density at radius 1 is 1.15 bits per heavy atom. The van der Waals surface area contributed by atoms with Crippen LogP contribution in [0.5, 0.6) is 11.5 Å². The molecule has 0 fully saturated rings. The third kappa shape index (κ3) is 4.04. The molecule has 2 aromatic heterocycles. The highest BCUT2D eigenvalue weighted by Crippen LogP contribution is 2.40. The standard InChI is InChI=1S/C18H22N4O4S/c1-21(2)10-5-11-22(17(23)14-8-9-19-26-14)18-20-15-12(24-3)6-7-13(25-4)16(15)27-18/h6-9H,5,10-11H2,1-4H3. The number of carbonyl (C=O) groups is 1. The van der Waals surface area contributed by atoms with Crippen molar-refractivity contribution in [1.82, 2.24) is 15.0 Å². The molecule has 0 spiro atoms. The molecule has 0 saturated carbocycles. The predicted molar refractivity (Wildman–Crippen MR) is 104 cm³/mol. The molecule has 0 atom stereocenters. The molecule has 0 N–H and O–H groups in total. The van der Waals surface area contributed by atoms with E-state index in [-0.39, 0.29) is 11.7 Å². The van der Waals surface area contributed by atoms with Crippen molar-refractivity contribution in [1.29, 1.82) is 0 Å². The minimum absolute atomic E-state index is 0.179. The van der Waals surface area contributed by atoms with Gasteiger partial charge in [0.2, 0.25) is 5.76 Å². The zero-order valence-corrected chi connectivity index (χ0v) is 16.6. The number of thiazole rings is 1. The molecule has 0 aliphatic carbocycles. The largest absolute Gasteiger partial charge is 0.495 e. The lowest BCUT2D eigenvalue weighted by Gasteiger charge is -2.19. The third-order valence-corrected chi connectivity index (χ3v) is 5.10. The molecule has 0 aliphatic heterocycles. The van der Waals surface area contributed by atoms with Gasteiger partial charge in [-0.3, -0.25) is 9.69 Å². The number of hydrogen-bond acceptors (Lipinski definition) is 8. The average Bonchev–Trinajstić information content (AvgIpc) is 3.33. The van der Waals surface area contributed by atoms with E-state index in [0.29, 0.717) is 28.7 Å². The fourth-order valence-corrected chi connectivity index (χ4v) is 3.78. The molecule has 3 aromatic rings. The van der Waals surface area contributed by atoms with Crippen molar-refractivity contribution in [3.8, 4) is 11.5 Å². The first kappa shape index (κ1) is 19.1. The van der Waals surface area contributed by atoms with Crippen molar-refractivity contribution in [2.24, 2.45) is 0 Å². The number of benzene rings is 1. The number of amides is 1. The van der Waals surface area contributed by atoms with Crippen LogP contribution in [0.3, 0.4) is 0 Å². The molecule has 144 valence electrons. The Kier molecular flexibility index (Phi) is 5.92. The first-order valence-electron chi connectivity index (χ1n) is 8.44. The second-order valence-electron chi connectivity index (χ2n) is 6.13. The van der Waals surface area contributed by atoms with Gasteiger partial charge in [0.05, 0.1) is 20.4 Å². The zero-order chi connectivity index (χ0) is 19.4. The molecule has 0 unspecified atom stereocenters. The lowest BCUT2D eigenvalue weighted by atomic mass is 10.3. The van der Waals surface area contributed by atoms with Crippen molar-refractivity contribution in [2.75, 3.05) is 46.3 Å². The Hall–Kier alpha value is -2.65. The lowest BCUT2D eigenvalue weighted by molar-refractivity contribution is 0.0950. The van der Waals surface area contributed by atoms with Gasteiger partial charge in [-0.2, -0.15) is 0 Å². The van der Waals surface area contributed by atoms with Gasteiger partial charge in [0.15, 0.2) is 5.13 Å². The second-order valence-corrected chi connectivity index (χ2v) is 7.11. The molecule has 0 saturated heterocycles. The molecule has 0 radical (unpaired) electrons. The maximum atomic E-state index is 13.0. The number of aromatic nitrogens is 2. The van der Waals surface area contributed by atoms with Crippen molar-refractivity contribution in [2.45, 2.75) is 6.42 Å². The smallest absolute Gasteiger partial charge is 0.298 e. The predicted octanol–water partition coefficient (Wildman–Crippen LogP) is 2.90. The van der Waals surface area contributed by atoms with Crippen LogP contribution in [-0.4, -0.2) is 62.4 Å². The van der Waals surface area contributed by atoms with Crippen LogP contribution in [0.2, 0.25) is 0 Å². The molecule has 0 bridgehead atoms. The summed E-state index contributed by atoms with van der Waals surface area (Å²) in [4.78, 5) is 21.3. The van der Waals surface area contributed by atoms with E-state index >= 15 is 0 Å². The van der Waals surface area contributed by atoms with E-state index in [1.165, 1.54) is 17.5 Å². The average molecular weight is 390 g/mol. The van der Waals surface area contributed by atoms with Crippen LogP contribution >= 0.6 is 11.3 Å². The lowest BCUT2D eigenvalue weighted by Crippen LogP contribution is -2.33. The fraction of sp³-hybridized carbons (Fsp3) is 0.389. The van der Waals surface area contributed by atoms with Gasteiger partial charge in [-0.1, -0.05) is 16.5 Å². The number of rotatable bonds is 8. The number of anilines is 1. The SMILES string of the molecule is COc1ccc(OC)c2sc(N(CCCN(C)C)C(=O)c3ccno3)nc12. The van der Waals surface area contributed by atoms with E-state index in [9.17, 15) is 4.79 Å². The third-order valence-electron chi connectivity index (χ3n) is 4.01. The van der Waals surface area contributed by atoms with Gasteiger partial charge < -0.3 is 18.9 Å². The molecule has 1 aromatic carbocycles.